The second-order valence-electron chi connectivity index (χ2n) is 3.90. The van der Waals surface area contributed by atoms with Gasteiger partial charge >= 0.3 is 5.97 Å². The Morgan fingerprint density at radius 1 is 1.16 bits per heavy atom. The highest BCUT2D eigenvalue weighted by Gasteiger charge is 2.15. The molecule has 4 heteroatoms. The summed E-state index contributed by atoms with van der Waals surface area (Å²) in [6, 6.07) is 15.2. The molecule has 0 atom stereocenters. The number of hydrogen-bond acceptors (Lipinski definition) is 3. The highest BCUT2D eigenvalue weighted by molar-refractivity contribution is 7.98. The zero-order valence-corrected chi connectivity index (χ0v) is 11.3. The Hall–Kier alpha value is -1.94. The Morgan fingerprint density at radius 2 is 1.89 bits per heavy atom. The van der Waals surface area contributed by atoms with Gasteiger partial charge in [-0.1, -0.05) is 30.3 Å². The van der Waals surface area contributed by atoms with E-state index in [2.05, 4.69) is 0 Å². The van der Waals surface area contributed by atoms with Crippen LogP contribution < -0.4 is 4.74 Å². The van der Waals surface area contributed by atoms with E-state index in [9.17, 15) is 9.90 Å². The summed E-state index contributed by atoms with van der Waals surface area (Å²) in [4.78, 5) is 12.4. The lowest BCUT2D eigenvalue weighted by molar-refractivity contribution is 0.0692. The number of aromatic carboxylic acids is 1. The summed E-state index contributed by atoms with van der Waals surface area (Å²) in [5.41, 5.74) is 1.01. The predicted octanol–water partition coefficient (Wildman–Crippen LogP) is 3.69. The fourth-order valence-corrected chi connectivity index (χ4v) is 2.70. The van der Waals surface area contributed by atoms with Gasteiger partial charge in [-0.2, -0.15) is 0 Å². The van der Waals surface area contributed by atoms with Crippen LogP contribution in [0.25, 0.3) is 0 Å². The topological polar surface area (TPSA) is 46.5 Å². The van der Waals surface area contributed by atoms with Gasteiger partial charge in [-0.15, -0.1) is 11.8 Å². The van der Waals surface area contributed by atoms with Gasteiger partial charge < -0.3 is 9.84 Å². The van der Waals surface area contributed by atoms with E-state index in [0.29, 0.717) is 11.5 Å². The summed E-state index contributed by atoms with van der Waals surface area (Å²) in [7, 11) is 1.48. The maximum absolute atomic E-state index is 11.3. The fourth-order valence-electron chi connectivity index (χ4n) is 1.79. The van der Waals surface area contributed by atoms with Gasteiger partial charge in [0.2, 0.25) is 0 Å². The van der Waals surface area contributed by atoms with Gasteiger partial charge in [-0.3, -0.25) is 0 Å². The minimum Gasteiger partial charge on any atom is -0.496 e. The third-order valence-electron chi connectivity index (χ3n) is 2.68. The summed E-state index contributed by atoms with van der Waals surface area (Å²) in [6.07, 6.45) is 0. The molecular weight excluding hydrogens is 260 g/mol. The molecule has 0 unspecified atom stereocenters. The van der Waals surface area contributed by atoms with Gasteiger partial charge in [0, 0.05) is 10.6 Å². The molecule has 2 rings (SSSR count). The number of methoxy groups -OCH3 is 1. The van der Waals surface area contributed by atoms with Crippen LogP contribution in [0.3, 0.4) is 0 Å². The van der Waals surface area contributed by atoms with Crippen LogP contribution in [0.5, 0.6) is 5.75 Å². The molecule has 0 fully saturated rings. The average Bonchev–Trinajstić information content (AvgIpc) is 2.45. The van der Waals surface area contributed by atoms with Crippen LogP contribution in [0.4, 0.5) is 0 Å². The molecule has 0 amide bonds. The van der Waals surface area contributed by atoms with Crippen molar-refractivity contribution in [1.29, 1.82) is 0 Å². The van der Waals surface area contributed by atoms with Gasteiger partial charge in [0.15, 0.2) is 0 Å². The smallest absolute Gasteiger partial charge is 0.339 e. The number of thioether (sulfide) groups is 1. The molecule has 0 aliphatic rings. The molecule has 0 saturated carbocycles. The molecule has 19 heavy (non-hydrogen) atoms. The Kier molecular flexibility index (Phi) is 4.47. The van der Waals surface area contributed by atoms with Crippen molar-refractivity contribution in [2.75, 3.05) is 7.11 Å². The fraction of sp³-hybridized carbons (Fsp3) is 0.133. The highest BCUT2D eigenvalue weighted by atomic mass is 32.2. The van der Waals surface area contributed by atoms with Crippen LogP contribution in [0.2, 0.25) is 0 Å². The third kappa shape index (κ3) is 3.29. The summed E-state index contributed by atoms with van der Waals surface area (Å²) in [6.45, 7) is 0. The lowest BCUT2D eigenvalue weighted by Crippen LogP contribution is -2.04. The van der Waals surface area contributed by atoms with Crippen molar-refractivity contribution in [2.24, 2.45) is 0 Å². The molecule has 0 aliphatic carbocycles. The standard InChI is InChI=1S/C15H14O3S/c1-18-13-9-5-6-11(14(13)15(16)17)10-19-12-7-3-2-4-8-12/h2-9H,10H2,1H3,(H,16,17). The van der Waals surface area contributed by atoms with Gasteiger partial charge in [0.25, 0.3) is 0 Å². The quantitative estimate of drug-likeness (QED) is 0.845. The van der Waals surface area contributed by atoms with Crippen molar-refractivity contribution >= 4 is 17.7 Å². The number of carboxylic acid groups (broad SMARTS) is 1. The molecule has 0 heterocycles. The number of hydrogen-bond donors (Lipinski definition) is 1. The summed E-state index contributed by atoms with van der Waals surface area (Å²) < 4.78 is 5.11. The number of benzene rings is 2. The lowest BCUT2D eigenvalue weighted by atomic mass is 10.1. The molecule has 0 aliphatic heterocycles. The van der Waals surface area contributed by atoms with E-state index < -0.39 is 5.97 Å². The minimum absolute atomic E-state index is 0.244. The van der Waals surface area contributed by atoms with Gasteiger partial charge in [-0.05, 0) is 23.8 Å². The molecule has 3 nitrogen and oxygen atoms in total. The number of carbonyl (C=O) groups is 1. The number of rotatable bonds is 5. The van der Waals surface area contributed by atoms with E-state index >= 15 is 0 Å². The Morgan fingerprint density at radius 3 is 2.53 bits per heavy atom. The molecule has 98 valence electrons. The van der Waals surface area contributed by atoms with Crippen LogP contribution in [0.1, 0.15) is 15.9 Å². The van der Waals surface area contributed by atoms with E-state index in [-0.39, 0.29) is 5.56 Å². The van der Waals surface area contributed by atoms with Gasteiger partial charge in [0.1, 0.15) is 11.3 Å². The second-order valence-corrected chi connectivity index (χ2v) is 4.95. The van der Waals surface area contributed by atoms with Crippen LogP contribution in [0, 0.1) is 0 Å². The Bertz CT molecular complexity index is 567. The average molecular weight is 274 g/mol. The van der Waals surface area contributed by atoms with Crippen molar-refractivity contribution in [2.45, 2.75) is 10.6 Å². The van der Waals surface area contributed by atoms with Gasteiger partial charge in [0.05, 0.1) is 7.11 Å². The summed E-state index contributed by atoms with van der Waals surface area (Å²) >= 11 is 1.61. The third-order valence-corrected chi connectivity index (χ3v) is 3.74. The molecule has 2 aromatic carbocycles. The van der Waals surface area contributed by atoms with E-state index in [1.165, 1.54) is 7.11 Å². The number of ether oxygens (including phenoxy) is 1. The molecule has 0 aromatic heterocycles. The van der Waals surface area contributed by atoms with Crippen molar-refractivity contribution < 1.29 is 14.6 Å². The first kappa shape index (κ1) is 13.5. The molecule has 1 N–H and O–H groups in total. The van der Waals surface area contributed by atoms with Crippen molar-refractivity contribution in [3.05, 3.63) is 59.7 Å². The summed E-state index contributed by atoms with van der Waals surface area (Å²) in [5.74, 6) is 0.0443. The van der Waals surface area contributed by atoms with Crippen molar-refractivity contribution in [3.63, 3.8) is 0 Å². The van der Waals surface area contributed by atoms with Crippen molar-refractivity contribution in [1.82, 2.24) is 0 Å². The number of carboxylic acids is 1. The van der Waals surface area contributed by atoms with Crippen LogP contribution >= 0.6 is 11.8 Å². The van der Waals surface area contributed by atoms with Crippen LogP contribution in [-0.2, 0) is 5.75 Å². The first-order valence-corrected chi connectivity index (χ1v) is 6.78. The first-order chi connectivity index (χ1) is 9.22. The van der Waals surface area contributed by atoms with Crippen LogP contribution in [-0.4, -0.2) is 18.2 Å². The largest absolute Gasteiger partial charge is 0.496 e. The Balaban J connectivity index is 2.23. The zero-order valence-electron chi connectivity index (χ0n) is 10.5. The van der Waals surface area contributed by atoms with E-state index in [0.717, 1.165) is 10.5 Å². The lowest BCUT2D eigenvalue weighted by Gasteiger charge is -2.10. The zero-order chi connectivity index (χ0) is 13.7. The predicted molar refractivity (Wildman–Crippen MR) is 76.0 cm³/mol. The first-order valence-electron chi connectivity index (χ1n) is 5.79. The summed E-state index contributed by atoms with van der Waals surface area (Å²) in [5, 5.41) is 9.29. The Labute approximate surface area is 116 Å². The molecular formula is C15H14O3S. The SMILES string of the molecule is COc1cccc(CSc2ccccc2)c1C(=O)O. The monoisotopic (exact) mass is 274 g/mol. The minimum atomic E-state index is -0.957. The highest BCUT2D eigenvalue weighted by Crippen LogP contribution is 2.28. The normalized spacial score (nSPS) is 10.2. The van der Waals surface area contributed by atoms with E-state index in [1.54, 1.807) is 17.8 Å². The maximum Gasteiger partial charge on any atom is 0.339 e. The maximum atomic E-state index is 11.3. The molecule has 2 aromatic rings. The molecule has 0 spiro atoms. The molecule has 0 radical (unpaired) electrons. The molecule has 0 bridgehead atoms. The van der Waals surface area contributed by atoms with E-state index in [4.69, 9.17) is 4.74 Å². The van der Waals surface area contributed by atoms with Gasteiger partial charge in [-0.25, -0.2) is 4.79 Å². The van der Waals surface area contributed by atoms with Crippen molar-refractivity contribution in [3.8, 4) is 5.75 Å². The second kappa shape index (κ2) is 6.29. The molecule has 0 saturated heterocycles. The van der Waals surface area contributed by atoms with Crippen LogP contribution in [0.15, 0.2) is 53.4 Å². The van der Waals surface area contributed by atoms with E-state index in [1.807, 2.05) is 42.5 Å².